The van der Waals surface area contributed by atoms with Crippen LogP contribution in [0.4, 0.5) is 0 Å². The summed E-state index contributed by atoms with van der Waals surface area (Å²) >= 11 is 0. The highest BCUT2D eigenvalue weighted by molar-refractivity contribution is 5.97. The van der Waals surface area contributed by atoms with Crippen molar-refractivity contribution in [1.29, 1.82) is 0 Å². The second kappa shape index (κ2) is 6.22. The van der Waals surface area contributed by atoms with E-state index in [0.29, 0.717) is 16.7 Å². The first-order valence-corrected chi connectivity index (χ1v) is 7.69. The summed E-state index contributed by atoms with van der Waals surface area (Å²) in [7, 11) is 1.58. The summed E-state index contributed by atoms with van der Waals surface area (Å²) in [4.78, 5) is 30.1. The third-order valence-electron chi connectivity index (χ3n) is 4.21. The van der Waals surface area contributed by atoms with Crippen LogP contribution in [0.5, 0.6) is 5.75 Å². The Labute approximate surface area is 128 Å². The van der Waals surface area contributed by atoms with Crippen LogP contribution in [0.25, 0.3) is 10.9 Å². The number of rotatable bonds is 2. The Morgan fingerprint density at radius 2 is 1.91 bits per heavy atom. The van der Waals surface area contributed by atoms with Crippen molar-refractivity contribution in [1.82, 2.24) is 9.88 Å². The number of aromatic amines is 1. The molecule has 1 aromatic carbocycles. The van der Waals surface area contributed by atoms with E-state index >= 15 is 0 Å². The molecule has 5 heteroatoms. The Balaban J connectivity index is 1.98. The number of aromatic nitrogens is 1. The van der Waals surface area contributed by atoms with Crippen LogP contribution in [-0.2, 0) is 0 Å². The molecule has 1 aromatic heterocycles. The van der Waals surface area contributed by atoms with Gasteiger partial charge in [-0.3, -0.25) is 9.59 Å². The Hall–Kier alpha value is -2.30. The fraction of sp³-hybridized carbons (Fsp3) is 0.412. The number of pyridine rings is 1. The molecule has 0 bridgehead atoms. The van der Waals surface area contributed by atoms with E-state index in [1.165, 1.54) is 6.20 Å². The van der Waals surface area contributed by atoms with Gasteiger partial charge in [-0.2, -0.15) is 0 Å². The predicted molar refractivity (Wildman–Crippen MR) is 85.5 cm³/mol. The predicted octanol–water partition coefficient (Wildman–Crippen LogP) is 2.55. The second-order valence-corrected chi connectivity index (χ2v) is 5.65. The van der Waals surface area contributed by atoms with E-state index in [0.717, 1.165) is 38.8 Å². The highest BCUT2D eigenvalue weighted by Crippen LogP contribution is 2.18. The van der Waals surface area contributed by atoms with E-state index in [-0.39, 0.29) is 16.9 Å². The molecule has 5 nitrogen and oxygen atoms in total. The van der Waals surface area contributed by atoms with E-state index in [4.69, 9.17) is 4.74 Å². The Bertz CT molecular complexity index is 743. The molecule has 1 aliphatic heterocycles. The summed E-state index contributed by atoms with van der Waals surface area (Å²) in [6, 6.07) is 5.20. The molecule has 1 fully saturated rings. The van der Waals surface area contributed by atoms with Crippen LogP contribution in [0, 0.1) is 0 Å². The normalized spacial score (nSPS) is 15.6. The lowest BCUT2D eigenvalue weighted by Crippen LogP contribution is -2.35. The minimum Gasteiger partial charge on any atom is -0.497 e. The van der Waals surface area contributed by atoms with Crippen molar-refractivity contribution in [2.45, 2.75) is 25.7 Å². The summed E-state index contributed by atoms with van der Waals surface area (Å²) < 4.78 is 5.15. The highest BCUT2D eigenvalue weighted by atomic mass is 16.5. The summed E-state index contributed by atoms with van der Waals surface area (Å²) in [6.45, 7) is 1.47. The van der Waals surface area contributed by atoms with E-state index in [2.05, 4.69) is 4.98 Å². The molecule has 22 heavy (non-hydrogen) atoms. The van der Waals surface area contributed by atoms with E-state index in [1.807, 2.05) is 0 Å². The quantitative estimate of drug-likeness (QED) is 0.927. The first kappa shape index (κ1) is 14.6. The maximum absolute atomic E-state index is 12.6. The maximum atomic E-state index is 12.6. The van der Waals surface area contributed by atoms with Crippen molar-refractivity contribution in [3.8, 4) is 5.75 Å². The monoisotopic (exact) mass is 300 g/mol. The van der Waals surface area contributed by atoms with Crippen LogP contribution in [0.3, 0.4) is 0 Å². The molecule has 116 valence electrons. The Morgan fingerprint density at radius 1 is 1.18 bits per heavy atom. The van der Waals surface area contributed by atoms with Crippen molar-refractivity contribution in [3.05, 3.63) is 40.2 Å². The molecule has 0 spiro atoms. The lowest BCUT2D eigenvalue weighted by atomic mass is 10.1. The molecule has 0 atom stereocenters. The van der Waals surface area contributed by atoms with E-state index < -0.39 is 0 Å². The van der Waals surface area contributed by atoms with Crippen LogP contribution in [0.2, 0.25) is 0 Å². The molecular weight excluding hydrogens is 280 g/mol. The fourth-order valence-electron chi connectivity index (χ4n) is 2.93. The minimum absolute atomic E-state index is 0.166. The summed E-state index contributed by atoms with van der Waals surface area (Å²) in [5.41, 5.74) is 0.682. The van der Waals surface area contributed by atoms with Crippen LogP contribution >= 0.6 is 0 Å². The zero-order valence-corrected chi connectivity index (χ0v) is 12.7. The summed E-state index contributed by atoms with van der Waals surface area (Å²) in [5.74, 6) is 0.510. The summed E-state index contributed by atoms with van der Waals surface area (Å²) in [6.07, 6.45) is 5.84. The first-order chi connectivity index (χ1) is 10.7. The van der Waals surface area contributed by atoms with Crippen molar-refractivity contribution < 1.29 is 9.53 Å². The molecule has 1 N–H and O–H groups in total. The second-order valence-electron chi connectivity index (χ2n) is 5.65. The van der Waals surface area contributed by atoms with E-state index in [9.17, 15) is 9.59 Å². The Kier molecular flexibility index (Phi) is 4.13. The van der Waals surface area contributed by atoms with Gasteiger partial charge in [-0.1, -0.05) is 12.8 Å². The van der Waals surface area contributed by atoms with Crippen molar-refractivity contribution >= 4 is 16.8 Å². The average molecular weight is 300 g/mol. The van der Waals surface area contributed by atoms with Crippen LogP contribution < -0.4 is 10.2 Å². The zero-order chi connectivity index (χ0) is 15.5. The smallest absolute Gasteiger partial charge is 0.259 e. The average Bonchev–Trinajstić information content (AvgIpc) is 2.83. The van der Waals surface area contributed by atoms with Crippen LogP contribution in [0.1, 0.15) is 36.0 Å². The third kappa shape index (κ3) is 2.71. The van der Waals surface area contributed by atoms with Gasteiger partial charge < -0.3 is 14.6 Å². The van der Waals surface area contributed by atoms with Crippen molar-refractivity contribution in [2.24, 2.45) is 0 Å². The molecule has 2 aromatic rings. The number of nitrogens with zero attached hydrogens (tertiary/aromatic N) is 1. The number of amides is 1. The number of fused-ring (bicyclic) bond motifs is 1. The number of carbonyl (C=O) groups excluding carboxylic acids is 1. The molecule has 0 unspecified atom stereocenters. The minimum atomic E-state index is -0.217. The number of likely N-dealkylation sites (tertiary alicyclic amines) is 1. The van der Waals surface area contributed by atoms with Crippen molar-refractivity contribution in [3.63, 3.8) is 0 Å². The van der Waals surface area contributed by atoms with Gasteiger partial charge in [0.25, 0.3) is 5.91 Å². The molecule has 1 aliphatic rings. The molecule has 1 saturated heterocycles. The van der Waals surface area contributed by atoms with Gasteiger partial charge in [0.15, 0.2) is 0 Å². The van der Waals surface area contributed by atoms with Gasteiger partial charge in [0.2, 0.25) is 5.43 Å². The number of H-pyrrole nitrogens is 1. The van der Waals surface area contributed by atoms with Gasteiger partial charge in [-0.25, -0.2) is 0 Å². The van der Waals surface area contributed by atoms with Crippen LogP contribution in [-0.4, -0.2) is 36.0 Å². The van der Waals surface area contributed by atoms with Gasteiger partial charge in [-0.05, 0) is 25.0 Å². The van der Waals surface area contributed by atoms with Gasteiger partial charge in [0.05, 0.1) is 12.6 Å². The standard InChI is InChI=1S/C17H20N2O3/c1-22-12-6-7-13-15(10-12)18-11-14(16(13)20)17(21)19-8-4-2-3-5-9-19/h6-7,10-11H,2-5,8-9H2,1H3,(H,18,20). The molecule has 1 amide bonds. The highest BCUT2D eigenvalue weighted by Gasteiger charge is 2.20. The zero-order valence-electron chi connectivity index (χ0n) is 12.7. The topological polar surface area (TPSA) is 62.4 Å². The van der Waals surface area contributed by atoms with Crippen molar-refractivity contribution in [2.75, 3.05) is 20.2 Å². The van der Waals surface area contributed by atoms with E-state index in [1.54, 1.807) is 30.2 Å². The molecule has 0 radical (unpaired) electrons. The summed E-state index contributed by atoms with van der Waals surface area (Å²) in [5, 5.41) is 0.515. The van der Waals surface area contributed by atoms with Gasteiger partial charge in [0, 0.05) is 30.7 Å². The molecule has 3 rings (SSSR count). The van der Waals surface area contributed by atoms with Gasteiger partial charge in [-0.15, -0.1) is 0 Å². The van der Waals surface area contributed by atoms with Gasteiger partial charge >= 0.3 is 0 Å². The third-order valence-corrected chi connectivity index (χ3v) is 4.21. The number of carbonyl (C=O) groups is 1. The number of methoxy groups -OCH3 is 1. The lowest BCUT2D eigenvalue weighted by molar-refractivity contribution is 0.0760. The number of hydrogen-bond donors (Lipinski definition) is 1. The molecule has 2 heterocycles. The fourth-order valence-corrected chi connectivity index (χ4v) is 2.93. The number of hydrogen-bond acceptors (Lipinski definition) is 3. The number of benzene rings is 1. The molecule has 0 aliphatic carbocycles. The lowest BCUT2D eigenvalue weighted by Gasteiger charge is -2.20. The maximum Gasteiger partial charge on any atom is 0.259 e. The SMILES string of the molecule is COc1ccc2c(=O)c(C(=O)N3CCCCCC3)c[nH]c2c1. The molecular formula is C17H20N2O3. The number of nitrogens with one attached hydrogen (secondary N) is 1. The molecule has 0 saturated carbocycles. The largest absolute Gasteiger partial charge is 0.497 e. The van der Waals surface area contributed by atoms with Gasteiger partial charge in [0.1, 0.15) is 11.3 Å². The number of ether oxygens (including phenoxy) is 1. The van der Waals surface area contributed by atoms with Crippen LogP contribution in [0.15, 0.2) is 29.2 Å². The first-order valence-electron chi connectivity index (χ1n) is 7.69. The Morgan fingerprint density at radius 3 is 2.59 bits per heavy atom.